The molecule has 5 heteroatoms. The van der Waals surface area contributed by atoms with Crippen molar-refractivity contribution in [3.63, 3.8) is 0 Å². The maximum absolute atomic E-state index is 5.96. The van der Waals surface area contributed by atoms with Gasteiger partial charge in [-0.1, -0.05) is 18.0 Å². The monoisotopic (exact) mass is 276 g/mol. The predicted molar refractivity (Wildman–Crippen MR) is 73.2 cm³/mol. The molecule has 2 saturated carbocycles. The van der Waals surface area contributed by atoms with Crippen LogP contribution in [0, 0.1) is 24.7 Å². The minimum Gasteiger partial charge on any atom is -0.267 e. The molecule has 0 aromatic carbocycles. The molecule has 19 heavy (non-hydrogen) atoms. The second-order valence-corrected chi connectivity index (χ2v) is 6.46. The normalized spacial score (nSPS) is 29.5. The summed E-state index contributed by atoms with van der Waals surface area (Å²) in [7, 11) is 0. The molecular weight excluding hydrogens is 260 g/mol. The van der Waals surface area contributed by atoms with E-state index >= 15 is 0 Å². The summed E-state index contributed by atoms with van der Waals surface area (Å²) in [5, 5.41) is 9.08. The van der Waals surface area contributed by atoms with E-state index in [0.29, 0.717) is 5.15 Å². The molecule has 0 saturated heterocycles. The highest BCUT2D eigenvalue weighted by Crippen LogP contribution is 2.49. The Labute approximate surface area is 117 Å². The molecule has 3 unspecified atom stereocenters. The molecule has 4 rings (SSSR count). The molecule has 2 aromatic heterocycles. The number of halogens is 1. The molecule has 2 aliphatic rings. The van der Waals surface area contributed by atoms with Crippen LogP contribution >= 0.6 is 11.6 Å². The Hall–Kier alpha value is -1.16. The van der Waals surface area contributed by atoms with Crippen molar-refractivity contribution in [3.05, 3.63) is 22.9 Å². The Balaban J connectivity index is 1.68. The first-order valence-corrected chi connectivity index (χ1v) is 7.45. The van der Waals surface area contributed by atoms with E-state index in [1.165, 1.54) is 25.7 Å². The van der Waals surface area contributed by atoms with E-state index in [2.05, 4.69) is 19.6 Å². The number of hydrogen-bond donors (Lipinski definition) is 0. The van der Waals surface area contributed by atoms with Crippen molar-refractivity contribution in [2.24, 2.45) is 17.8 Å². The van der Waals surface area contributed by atoms with Crippen LogP contribution in [0.3, 0.4) is 0 Å². The van der Waals surface area contributed by atoms with Gasteiger partial charge in [0.25, 0.3) is 0 Å². The predicted octanol–water partition coefficient (Wildman–Crippen LogP) is 3.06. The Bertz CT molecular complexity index is 636. The zero-order chi connectivity index (χ0) is 13.0. The molecule has 0 N–H and O–H groups in total. The maximum atomic E-state index is 5.96. The standard InChI is InChI=1S/C14H17ClN4/c1-8-16-12(15)7-14-18-17-13(19(8)14)6-11-5-9-2-3-10(11)4-9/h7,9-11H,2-6H2,1H3. The summed E-state index contributed by atoms with van der Waals surface area (Å²) < 4.78 is 2.05. The number of nitrogens with zero attached hydrogens (tertiary/aromatic N) is 4. The first-order valence-electron chi connectivity index (χ1n) is 7.08. The van der Waals surface area contributed by atoms with Gasteiger partial charge in [-0.3, -0.25) is 4.40 Å². The fourth-order valence-electron chi connectivity index (χ4n) is 4.11. The molecule has 2 bridgehead atoms. The van der Waals surface area contributed by atoms with Gasteiger partial charge in [-0.15, -0.1) is 10.2 Å². The van der Waals surface area contributed by atoms with E-state index in [0.717, 1.165) is 41.5 Å². The highest BCUT2D eigenvalue weighted by atomic mass is 35.5. The third-order valence-corrected chi connectivity index (χ3v) is 5.12. The molecule has 3 atom stereocenters. The van der Waals surface area contributed by atoms with Crippen LogP contribution in [0.5, 0.6) is 0 Å². The lowest BCUT2D eigenvalue weighted by atomic mass is 9.86. The number of aromatic nitrogens is 4. The number of rotatable bonds is 2. The lowest BCUT2D eigenvalue weighted by molar-refractivity contribution is 0.326. The van der Waals surface area contributed by atoms with E-state index in [4.69, 9.17) is 11.6 Å². The van der Waals surface area contributed by atoms with Crippen LogP contribution in [-0.2, 0) is 6.42 Å². The molecule has 100 valence electrons. The minimum atomic E-state index is 0.490. The Morgan fingerprint density at radius 1 is 1.32 bits per heavy atom. The van der Waals surface area contributed by atoms with Gasteiger partial charge in [0.15, 0.2) is 5.65 Å². The minimum absolute atomic E-state index is 0.490. The topological polar surface area (TPSA) is 43.1 Å². The molecule has 4 nitrogen and oxygen atoms in total. The van der Waals surface area contributed by atoms with Crippen LogP contribution < -0.4 is 0 Å². The third kappa shape index (κ3) is 1.84. The zero-order valence-corrected chi connectivity index (χ0v) is 11.8. The first kappa shape index (κ1) is 11.6. The second kappa shape index (κ2) is 4.17. The van der Waals surface area contributed by atoms with Crippen LogP contribution in [-0.4, -0.2) is 19.6 Å². The fraction of sp³-hybridized carbons (Fsp3) is 0.643. The van der Waals surface area contributed by atoms with Crippen LogP contribution in [0.1, 0.15) is 37.3 Å². The second-order valence-electron chi connectivity index (χ2n) is 6.07. The Kier molecular flexibility index (Phi) is 2.56. The SMILES string of the molecule is Cc1nc(Cl)cc2nnc(CC3CC4CCC3C4)n12. The number of aryl methyl sites for hydroxylation is 1. The number of fused-ring (bicyclic) bond motifs is 3. The summed E-state index contributed by atoms with van der Waals surface area (Å²) in [5.41, 5.74) is 0.815. The third-order valence-electron chi connectivity index (χ3n) is 4.92. The van der Waals surface area contributed by atoms with Crippen molar-refractivity contribution >= 4 is 17.2 Å². The van der Waals surface area contributed by atoms with Gasteiger partial charge < -0.3 is 0 Å². The first-order chi connectivity index (χ1) is 9.20. The van der Waals surface area contributed by atoms with Crippen molar-refractivity contribution < 1.29 is 0 Å². The van der Waals surface area contributed by atoms with Gasteiger partial charge in [-0.25, -0.2) is 4.98 Å². The van der Waals surface area contributed by atoms with E-state index in [1.807, 2.05) is 6.92 Å². The van der Waals surface area contributed by atoms with Gasteiger partial charge in [0.1, 0.15) is 16.8 Å². The molecule has 0 aliphatic heterocycles. The van der Waals surface area contributed by atoms with E-state index < -0.39 is 0 Å². The lowest BCUT2D eigenvalue weighted by Crippen LogP contribution is -2.15. The van der Waals surface area contributed by atoms with Crippen molar-refractivity contribution in [1.29, 1.82) is 0 Å². The van der Waals surface area contributed by atoms with Crippen LogP contribution in [0.2, 0.25) is 5.15 Å². The van der Waals surface area contributed by atoms with Crippen molar-refractivity contribution in [3.8, 4) is 0 Å². The summed E-state index contributed by atoms with van der Waals surface area (Å²) in [6.45, 7) is 1.96. The highest BCUT2D eigenvalue weighted by Gasteiger charge is 2.39. The van der Waals surface area contributed by atoms with Crippen LogP contribution in [0.25, 0.3) is 5.65 Å². The van der Waals surface area contributed by atoms with Crippen molar-refractivity contribution in [2.75, 3.05) is 0 Å². The van der Waals surface area contributed by atoms with Crippen molar-refractivity contribution in [1.82, 2.24) is 19.6 Å². The van der Waals surface area contributed by atoms with Crippen LogP contribution in [0.4, 0.5) is 0 Å². The fourth-order valence-corrected chi connectivity index (χ4v) is 4.33. The van der Waals surface area contributed by atoms with Gasteiger partial charge in [-0.05, 0) is 43.9 Å². The maximum Gasteiger partial charge on any atom is 0.165 e. The smallest absolute Gasteiger partial charge is 0.165 e. The van der Waals surface area contributed by atoms with E-state index in [1.54, 1.807) is 6.07 Å². The highest BCUT2D eigenvalue weighted by molar-refractivity contribution is 6.29. The summed E-state index contributed by atoms with van der Waals surface area (Å²) in [6.07, 6.45) is 6.70. The molecule has 2 fully saturated rings. The zero-order valence-electron chi connectivity index (χ0n) is 11.0. The molecule has 2 aromatic rings. The van der Waals surface area contributed by atoms with E-state index in [-0.39, 0.29) is 0 Å². The lowest BCUT2D eigenvalue weighted by Gasteiger charge is -2.20. The summed E-state index contributed by atoms with van der Waals surface area (Å²) in [4.78, 5) is 4.31. The molecule has 0 amide bonds. The molecule has 2 heterocycles. The summed E-state index contributed by atoms with van der Waals surface area (Å²) >= 11 is 5.96. The molecule has 0 radical (unpaired) electrons. The summed E-state index contributed by atoms with van der Waals surface area (Å²) in [5.74, 6) is 4.61. The average Bonchev–Trinajstić information content (AvgIpc) is 3.04. The van der Waals surface area contributed by atoms with Gasteiger partial charge in [0.2, 0.25) is 0 Å². The van der Waals surface area contributed by atoms with Gasteiger partial charge >= 0.3 is 0 Å². The quantitative estimate of drug-likeness (QED) is 0.792. The molecule has 0 spiro atoms. The molecule has 2 aliphatic carbocycles. The summed E-state index contributed by atoms with van der Waals surface area (Å²) in [6, 6.07) is 1.78. The number of hydrogen-bond acceptors (Lipinski definition) is 3. The average molecular weight is 277 g/mol. The van der Waals surface area contributed by atoms with Crippen LogP contribution in [0.15, 0.2) is 6.07 Å². The van der Waals surface area contributed by atoms with Gasteiger partial charge in [0, 0.05) is 12.5 Å². The van der Waals surface area contributed by atoms with Gasteiger partial charge in [0.05, 0.1) is 0 Å². The molecular formula is C14H17ClN4. The van der Waals surface area contributed by atoms with Gasteiger partial charge in [-0.2, -0.15) is 0 Å². The Morgan fingerprint density at radius 2 is 2.21 bits per heavy atom. The largest absolute Gasteiger partial charge is 0.267 e. The van der Waals surface area contributed by atoms with Crippen molar-refractivity contribution in [2.45, 2.75) is 39.0 Å². The van der Waals surface area contributed by atoms with E-state index in [9.17, 15) is 0 Å². The Morgan fingerprint density at radius 3 is 2.95 bits per heavy atom.